The predicted molar refractivity (Wildman–Crippen MR) is 100 cm³/mol. The van der Waals surface area contributed by atoms with E-state index in [0.29, 0.717) is 41.5 Å². The van der Waals surface area contributed by atoms with E-state index in [1.807, 2.05) is 11.9 Å². The first-order valence-corrected chi connectivity index (χ1v) is 9.40. The Morgan fingerprint density at radius 3 is 2.85 bits per heavy atom. The monoisotopic (exact) mass is 374 g/mol. The van der Waals surface area contributed by atoms with Gasteiger partial charge in [0.25, 0.3) is 5.56 Å². The first-order chi connectivity index (χ1) is 12.4. The minimum atomic E-state index is -0.117. The number of hydrogen-bond donors (Lipinski definition) is 0. The lowest BCUT2D eigenvalue weighted by Gasteiger charge is -2.31. The number of fused-ring (bicyclic) bond motifs is 2. The summed E-state index contributed by atoms with van der Waals surface area (Å²) in [7, 11) is 3.98. The van der Waals surface area contributed by atoms with Gasteiger partial charge in [-0.05, 0) is 43.9 Å². The normalized spacial score (nSPS) is 25.9. The summed E-state index contributed by atoms with van der Waals surface area (Å²) in [5, 5.41) is 0.513. The number of carbonyl (C=O) groups is 1. The molecule has 26 heavy (non-hydrogen) atoms. The maximum atomic E-state index is 12.3. The van der Waals surface area contributed by atoms with Crippen LogP contribution in [-0.2, 0) is 11.3 Å². The van der Waals surface area contributed by atoms with Crippen molar-refractivity contribution in [3.05, 3.63) is 45.5 Å². The van der Waals surface area contributed by atoms with Crippen molar-refractivity contribution in [3.8, 4) is 0 Å². The fraction of sp³-hybridized carbons (Fsp3) is 0.526. The molecule has 2 aliphatic rings. The molecule has 0 bridgehead atoms. The second kappa shape index (κ2) is 6.67. The Kier molecular flexibility index (Phi) is 4.49. The zero-order chi connectivity index (χ0) is 18.4. The molecule has 1 aliphatic carbocycles. The van der Waals surface area contributed by atoms with Crippen LogP contribution in [0.15, 0.2) is 29.2 Å². The zero-order valence-corrected chi connectivity index (χ0v) is 15.8. The molecule has 7 heteroatoms. The van der Waals surface area contributed by atoms with Gasteiger partial charge in [-0.1, -0.05) is 11.6 Å². The number of pyridine rings is 1. The average Bonchev–Trinajstić information content (AvgIpc) is 2.99. The van der Waals surface area contributed by atoms with E-state index in [4.69, 9.17) is 11.6 Å². The Morgan fingerprint density at radius 2 is 2.04 bits per heavy atom. The van der Waals surface area contributed by atoms with E-state index < -0.39 is 0 Å². The van der Waals surface area contributed by atoms with Crippen LogP contribution in [-0.4, -0.2) is 51.8 Å². The van der Waals surface area contributed by atoms with Crippen molar-refractivity contribution in [2.24, 2.45) is 11.8 Å². The summed E-state index contributed by atoms with van der Waals surface area (Å²) in [6.45, 7) is 1.49. The number of hydrogen-bond acceptors (Lipinski definition) is 4. The number of nitrogens with zero attached hydrogens (tertiary/aromatic N) is 4. The lowest BCUT2D eigenvalue weighted by Crippen LogP contribution is -2.39. The summed E-state index contributed by atoms with van der Waals surface area (Å²) in [5.74, 6) is 1.34. The molecule has 0 spiro atoms. The minimum absolute atomic E-state index is 0.117. The van der Waals surface area contributed by atoms with Crippen LogP contribution in [0.4, 0.5) is 0 Å². The molecule has 4 rings (SSSR count). The highest BCUT2D eigenvalue weighted by Crippen LogP contribution is 2.40. The molecule has 1 aliphatic heterocycles. The Bertz CT molecular complexity index is 912. The minimum Gasteiger partial charge on any atom is -0.345 e. The number of piperidine rings is 1. The van der Waals surface area contributed by atoms with Crippen LogP contribution in [0.1, 0.15) is 25.0 Å². The van der Waals surface area contributed by atoms with E-state index in [1.165, 1.54) is 4.40 Å². The summed E-state index contributed by atoms with van der Waals surface area (Å²) < 4.78 is 1.47. The van der Waals surface area contributed by atoms with Crippen molar-refractivity contribution in [1.29, 1.82) is 0 Å². The highest BCUT2D eigenvalue weighted by molar-refractivity contribution is 6.30. The van der Waals surface area contributed by atoms with Crippen LogP contribution in [0.25, 0.3) is 5.65 Å². The average molecular weight is 375 g/mol. The summed E-state index contributed by atoms with van der Waals surface area (Å²) in [5.41, 5.74) is 1.26. The maximum absolute atomic E-state index is 12.3. The fourth-order valence-corrected chi connectivity index (χ4v) is 4.60. The van der Waals surface area contributed by atoms with Crippen molar-refractivity contribution in [2.45, 2.75) is 31.8 Å². The molecule has 6 nitrogen and oxygen atoms in total. The van der Waals surface area contributed by atoms with E-state index in [9.17, 15) is 9.59 Å². The standard InChI is InChI=1S/C19H23ClN4O2/c1-22(16-5-12-7-18(25)23(2)9-13(12)6-16)11-15-8-19(26)24-10-14(20)3-4-17(24)21-15/h3-4,8,10,12-13,16H,5-7,9,11H2,1-2H3/t12-,13+,16-/m1/s1. The van der Waals surface area contributed by atoms with Gasteiger partial charge in [0, 0.05) is 44.9 Å². The van der Waals surface area contributed by atoms with E-state index in [1.54, 1.807) is 24.4 Å². The highest BCUT2D eigenvalue weighted by Gasteiger charge is 2.41. The van der Waals surface area contributed by atoms with Crippen molar-refractivity contribution in [1.82, 2.24) is 19.2 Å². The number of amides is 1. The Morgan fingerprint density at radius 1 is 1.27 bits per heavy atom. The molecular weight excluding hydrogens is 352 g/mol. The fourth-order valence-electron chi connectivity index (χ4n) is 4.44. The zero-order valence-electron chi connectivity index (χ0n) is 15.1. The summed E-state index contributed by atoms with van der Waals surface area (Å²) >= 11 is 5.96. The Labute approximate surface area is 157 Å². The quantitative estimate of drug-likeness (QED) is 0.825. The lowest BCUT2D eigenvalue weighted by atomic mass is 9.88. The lowest BCUT2D eigenvalue weighted by molar-refractivity contribution is -0.134. The molecule has 0 unspecified atom stereocenters. The molecule has 2 aromatic rings. The third-order valence-electron chi connectivity index (χ3n) is 5.90. The molecule has 0 radical (unpaired) electrons. The van der Waals surface area contributed by atoms with E-state index in [2.05, 4.69) is 16.9 Å². The van der Waals surface area contributed by atoms with Crippen LogP contribution < -0.4 is 5.56 Å². The van der Waals surface area contributed by atoms with Crippen molar-refractivity contribution in [3.63, 3.8) is 0 Å². The number of rotatable bonds is 3. The van der Waals surface area contributed by atoms with Gasteiger partial charge in [-0.15, -0.1) is 0 Å². The van der Waals surface area contributed by atoms with Gasteiger partial charge in [0.2, 0.25) is 5.91 Å². The van der Waals surface area contributed by atoms with Gasteiger partial charge < -0.3 is 4.90 Å². The molecule has 1 amide bonds. The van der Waals surface area contributed by atoms with Gasteiger partial charge in [0.05, 0.1) is 10.7 Å². The Balaban J connectivity index is 1.49. The van der Waals surface area contributed by atoms with Gasteiger partial charge in [-0.3, -0.25) is 18.9 Å². The molecule has 2 aromatic heterocycles. The largest absolute Gasteiger partial charge is 0.345 e. The van der Waals surface area contributed by atoms with Crippen LogP contribution >= 0.6 is 11.6 Å². The smallest absolute Gasteiger partial charge is 0.258 e. The number of aromatic nitrogens is 2. The summed E-state index contributed by atoms with van der Waals surface area (Å²) in [4.78, 5) is 33.0. The second-order valence-electron chi connectivity index (χ2n) is 7.70. The number of halogens is 1. The van der Waals surface area contributed by atoms with Crippen molar-refractivity contribution >= 4 is 23.2 Å². The van der Waals surface area contributed by atoms with Crippen LogP contribution in [0.2, 0.25) is 5.02 Å². The molecule has 0 aromatic carbocycles. The van der Waals surface area contributed by atoms with Gasteiger partial charge in [0.15, 0.2) is 0 Å². The molecular formula is C19H23ClN4O2. The van der Waals surface area contributed by atoms with E-state index in [-0.39, 0.29) is 11.5 Å². The third kappa shape index (κ3) is 3.23. The van der Waals surface area contributed by atoms with Gasteiger partial charge >= 0.3 is 0 Å². The first kappa shape index (κ1) is 17.5. The molecule has 1 saturated heterocycles. The first-order valence-electron chi connectivity index (χ1n) is 9.03. The molecule has 138 valence electrons. The SMILES string of the molecule is CN1C[C@@H]2C[C@H](N(C)Cc3cc(=O)n4cc(Cl)ccc4n3)C[C@@H]2CC1=O. The maximum Gasteiger partial charge on any atom is 0.258 e. The van der Waals surface area contributed by atoms with E-state index >= 15 is 0 Å². The van der Waals surface area contributed by atoms with Crippen molar-refractivity contribution < 1.29 is 4.79 Å². The van der Waals surface area contributed by atoms with Gasteiger partial charge in [0.1, 0.15) is 5.65 Å². The number of carbonyl (C=O) groups excluding carboxylic acids is 1. The topological polar surface area (TPSA) is 57.9 Å². The highest BCUT2D eigenvalue weighted by atomic mass is 35.5. The number of likely N-dealkylation sites (tertiary alicyclic amines) is 1. The Hall–Kier alpha value is -1.92. The third-order valence-corrected chi connectivity index (χ3v) is 6.12. The molecule has 1 saturated carbocycles. The van der Waals surface area contributed by atoms with Crippen LogP contribution in [0.5, 0.6) is 0 Å². The summed E-state index contributed by atoms with van der Waals surface area (Å²) in [6.07, 6.45) is 4.40. The molecule has 3 atom stereocenters. The van der Waals surface area contributed by atoms with Gasteiger partial charge in [-0.2, -0.15) is 0 Å². The van der Waals surface area contributed by atoms with Crippen molar-refractivity contribution in [2.75, 3.05) is 20.6 Å². The molecule has 3 heterocycles. The molecule has 0 N–H and O–H groups in total. The summed E-state index contributed by atoms with van der Waals surface area (Å²) in [6, 6.07) is 5.51. The van der Waals surface area contributed by atoms with Crippen LogP contribution in [0.3, 0.4) is 0 Å². The van der Waals surface area contributed by atoms with E-state index in [0.717, 1.165) is 25.1 Å². The second-order valence-corrected chi connectivity index (χ2v) is 8.14. The predicted octanol–water partition coefficient (Wildman–Crippen LogP) is 2.04. The van der Waals surface area contributed by atoms with Crippen LogP contribution in [0, 0.1) is 11.8 Å². The van der Waals surface area contributed by atoms with Gasteiger partial charge in [-0.25, -0.2) is 4.98 Å². The molecule has 2 fully saturated rings.